The summed E-state index contributed by atoms with van der Waals surface area (Å²) in [4.78, 5) is 20.6. The van der Waals surface area contributed by atoms with Gasteiger partial charge in [-0.15, -0.1) is 0 Å². The highest BCUT2D eigenvalue weighted by atomic mass is 16.2. The van der Waals surface area contributed by atoms with E-state index >= 15 is 0 Å². The van der Waals surface area contributed by atoms with Gasteiger partial charge in [-0.2, -0.15) is 5.10 Å². The zero-order valence-corrected chi connectivity index (χ0v) is 13.7. The molecule has 2 rings (SSSR count). The third-order valence-corrected chi connectivity index (χ3v) is 3.23. The summed E-state index contributed by atoms with van der Waals surface area (Å²) in [5, 5.41) is 13.3. The molecule has 0 spiro atoms. The van der Waals surface area contributed by atoms with Crippen LogP contribution in [-0.4, -0.2) is 45.3 Å². The van der Waals surface area contributed by atoms with Crippen LogP contribution in [-0.2, 0) is 4.79 Å². The molecule has 0 aliphatic carbocycles. The first-order chi connectivity index (χ1) is 11.1. The van der Waals surface area contributed by atoms with Crippen molar-refractivity contribution >= 4 is 17.5 Å². The fraction of sp³-hybridized carbons (Fsp3) is 0.467. The summed E-state index contributed by atoms with van der Waals surface area (Å²) in [7, 11) is 0. The van der Waals surface area contributed by atoms with Crippen molar-refractivity contribution < 1.29 is 4.79 Å². The maximum Gasteiger partial charge on any atom is 0.244 e. The predicted octanol–water partition coefficient (Wildman–Crippen LogP) is 1.20. The van der Waals surface area contributed by atoms with Gasteiger partial charge in [-0.1, -0.05) is 0 Å². The fourth-order valence-corrected chi connectivity index (χ4v) is 2.08. The Morgan fingerprint density at radius 2 is 2.00 bits per heavy atom. The molecule has 124 valence electrons. The van der Waals surface area contributed by atoms with Gasteiger partial charge in [0.25, 0.3) is 0 Å². The largest absolute Gasteiger partial charge is 0.370 e. The monoisotopic (exact) mass is 317 g/mol. The molecule has 3 N–H and O–H groups in total. The smallest absolute Gasteiger partial charge is 0.244 e. The molecule has 1 unspecified atom stereocenters. The molecule has 1 amide bonds. The van der Waals surface area contributed by atoms with Gasteiger partial charge < -0.3 is 16.0 Å². The lowest BCUT2D eigenvalue weighted by atomic mass is 10.3. The summed E-state index contributed by atoms with van der Waals surface area (Å²) in [6.07, 6.45) is 3.43. The molecule has 0 bridgehead atoms. The number of rotatable bonds is 8. The number of hydrogen-bond donors (Lipinski definition) is 3. The van der Waals surface area contributed by atoms with E-state index in [4.69, 9.17) is 0 Å². The number of carbonyl (C=O) groups excluding carboxylic acids is 1. The second-order valence-corrected chi connectivity index (χ2v) is 5.10. The van der Waals surface area contributed by atoms with E-state index in [0.717, 1.165) is 18.2 Å². The highest BCUT2D eigenvalue weighted by molar-refractivity contribution is 5.79. The van der Waals surface area contributed by atoms with Crippen molar-refractivity contribution in [1.29, 1.82) is 0 Å². The minimum absolute atomic E-state index is 0.0669. The molecule has 0 aromatic carbocycles. The maximum absolute atomic E-state index is 12.0. The molecule has 8 heteroatoms. The molecule has 0 saturated heterocycles. The highest BCUT2D eigenvalue weighted by Gasteiger charge is 2.13. The van der Waals surface area contributed by atoms with Crippen molar-refractivity contribution in [3.8, 4) is 0 Å². The SMILES string of the molecule is CCNc1cc(NCCNC(=O)C(C)n2cccn2)nc(C)n1. The average molecular weight is 317 g/mol. The molecule has 2 aromatic rings. The number of nitrogens with zero attached hydrogens (tertiary/aromatic N) is 4. The van der Waals surface area contributed by atoms with Crippen LogP contribution in [0.15, 0.2) is 24.5 Å². The van der Waals surface area contributed by atoms with Gasteiger partial charge in [0, 0.05) is 38.1 Å². The van der Waals surface area contributed by atoms with Gasteiger partial charge >= 0.3 is 0 Å². The van der Waals surface area contributed by atoms with E-state index < -0.39 is 0 Å². The normalized spacial score (nSPS) is 11.8. The lowest BCUT2D eigenvalue weighted by Gasteiger charge is -2.13. The molecule has 0 aliphatic heterocycles. The van der Waals surface area contributed by atoms with Crippen molar-refractivity contribution in [3.63, 3.8) is 0 Å². The van der Waals surface area contributed by atoms with Crippen LogP contribution in [0.5, 0.6) is 0 Å². The van der Waals surface area contributed by atoms with E-state index in [-0.39, 0.29) is 11.9 Å². The van der Waals surface area contributed by atoms with Gasteiger partial charge in [-0.3, -0.25) is 9.48 Å². The first kappa shape index (κ1) is 16.7. The molecular formula is C15H23N7O. The molecule has 0 aliphatic rings. The molecule has 0 radical (unpaired) electrons. The maximum atomic E-state index is 12.0. The zero-order valence-electron chi connectivity index (χ0n) is 13.7. The van der Waals surface area contributed by atoms with E-state index in [1.165, 1.54) is 0 Å². The van der Waals surface area contributed by atoms with Crippen LogP contribution < -0.4 is 16.0 Å². The minimum Gasteiger partial charge on any atom is -0.370 e. The Kier molecular flexibility index (Phi) is 5.90. The molecule has 2 heterocycles. The summed E-state index contributed by atoms with van der Waals surface area (Å²) in [6.45, 7) is 7.56. The quantitative estimate of drug-likeness (QED) is 0.633. The Morgan fingerprint density at radius 3 is 2.65 bits per heavy atom. The van der Waals surface area contributed by atoms with Crippen LogP contribution in [0.1, 0.15) is 25.7 Å². The van der Waals surface area contributed by atoms with E-state index in [9.17, 15) is 4.79 Å². The standard InChI is InChI=1S/C15H23N7O/c1-4-16-13-10-14(21-12(3)20-13)17-7-8-18-15(23)11(2)22-9-5-6-19-22/h5-6,9-11H,4,7-8H2,1-3H3,(H,18,23)(H2,16,17,20,21). The molecule has 0 fully saturated rings. The Bertz CT molecular complexity index is 627. The van der Waals surface area contributed by atoms with E-state index in [2.05, 4.69) is 31.0 Å². The topological polar surface area (TPSA) is 96.8 Å². The minimum atomic E-state index is -0.327. The number of amides is 1. The Hall–Kier alpha value is -2.64. The number of aromatic nitrogens is 4. The number of anilines is 2. The van der Waals surface area contributed by atoms with Crippen LogP contribution in [0.2, 0.25) is 0 Å². The van der Waals surface area contributed by atoms with Crippen molar-refractivity contribution in [2.24, 2.45) is 0 Å². The van der Waals surface area contributed by atoms with E-state index in [1.54, 1.807) is 23.1 Å². The molecular weight excluding hydrogens is 294 g/mol. The van der Waals surface area contributed by atoms with Gasteiger partial charge in [-0.05, 0) is 26.8 Å². The number of nitrogens with one attached hydrogen (secondary N) is 3. The lowest BCUT2D eigenvalue weighted by Crippen LogP contribution is -2.34. The molecule has 0 saturated carbocycles. The Balaban J connectivity index is 1.78. The first-order valence-electron chi connectivity index (χ1n) is 7.70. The summed E-state index contributed by atoms with van der Waals surface area (Å²) in [5.74, 6) is 2.16. The van der Waals surface area contributed by atoms with Crippen LogP contribution in [0.25, 0.3) is 0 Å². The van der Waals surface area contributed by atoms with Crippen molar-refractivity contribution in [2.45, 2.75) is 26.8 Å². The molecule has 2 aromatic heterocycles. The van der Waals surface area contributed by atoms with Crippen molar-refractivity contribution in [1.82, 2.24) is 25.1 Å². The highest BCUT2D eigenvalue weighted by Crippen LogP contribution is 2.10. The van der Waals surface area contributed by atoms with Crippen LogP contribution in [0, 0.1) is 6.92 Å². The number of carbonyl (C=O) groups is 1. The predicted molar refractivity (Wildman–Crippen MR) is 89.4 cm³/mol. The van der Waals surface area contributed by atoms with Crippen molar-refractivity contribution in [2.75, 3.05) is 30.3 Å². The molecule has 8 nitrogen and oxygen atoms in total. The third kappa shape index (κ3) is 4.94. The molecule has 23 heavy (non-hydrogen) atoms. The van der Waals surface area contributed by atoms with Gasteiger partial charge in [0.15, 0.2) is 0 Å². The van der Waals surface area contributed by atoms with E-state index in [0.29, 0.717) is 18.9 Å². The second-order valence-electron chi connectivity index (χ2n) is 5.10. The van der Waals surface area contributed by atoms with Gasteiger partial charge in [0.05, 0.1) is 0 Å². The Labute approximate surface area is 135 Å². The lowest BCUT2D eigenvalue weighted by molar-refractivity contribution is -0.124. The van der Waals surface area contributed by atoms with Gasteiger partial charge in [0.1, 0.15) is 23.5 Å². The number of hydrogen-bond acceptors (Lipinski definition) is 6. The van der Waals surface area contributed by atoms with E-state index in [1.807, 2.05) is 26.8 Å². The number of aryl methyl sites for hydroxylation is 1. The Morgan fingerprint density at radius 1 is 1.26 bits per heavy atom. The zero-order chi connectivity index (χ0) is 16.7. The summed E-state index contributed by atoms with van der Waals surface area (Å²) < 4.78 is 1.62. The van der Waals surface area contributed by atoms with Crippen molar-refractivity contribution in [3.05, 3.63) is 30.4 Å². The summed E-state index contributed by atoms with van der Waals surface area (Å²) in [6, 6.07) is 3.32. The summed E-state index contributed by atoms with van der Waals surface area (Å²) in [5.41, 5.74) is 0. The fourth-order valence-electron chi connectivity index (χ4n) is 2.08. The van der Waals surface area contributed by atoms with Gasteiger partial charge in [0.2, 0.25) is 5.91 Å². The van der Waals surface area contributed by atoms with Crippen LogP contribution in [0.3, 0.4) is 0 Å². The van der Waals surface area contributed by atoms with Crippen LogP contribution >= 0.6 is 0 Å². The second kappa shape index (κ2) is 8.11. The average Bonchev–Trinajstić information content (AvgIpc) is 3.04. The van der Waals surface area contributed by atoms with Crippen LogP contribution in [0.4, 0.5) is 11.6 Å². The van der Waals surface area contributed by atoms with Gasteiger partial charge in [-0.25, -0.2) is 9.97 Å². The molecule has 1 atom stereocenters. The summed E-state index contributed by atoms with van der Waals surface area (Å²) >= 11 is 0. The third-order valence-electron chi connectivity index (χ3n) is 3.23. The first-order valence-corrected chi connectivity index (χ1v) is 7.70.